The Kier molecular flexibility index (Phi) is 11.6. The summed E-state index contributed by atoms with van der Waals surface area (Å²) in [6.45, 7) is 6.79. The molecule has 0 radical (unpaired) electrons. The van der Waals surface area contributed by atoms with Crippen molar-refractivity contribution < 1.29 is 14.3 Å². The van der Waals surface area contributed by atoms with Gasteiger partial charge in [-0.15, -0.1) is 0 Å². The molecule has 0 aromatic carbocycles. The van der Waals surface area contributed by atoms with Crippen LogP contribution in [0.3, 0.4) is 0 Å². The van der Waals surface area contributed by atoms with Gasteiger partial charge in [-0.25, -0.2) is 0 Å². The van der Waals surface area contributed by atoms with Crippen LogP contribution in [0.5, 0.6) is 0 Å². The van der Waals surface area contributed by atoms with Crippen LogP contribution in [0, 0.1) is 0 Å². The van der Waals surface area contributed by atoms with Crippen LogP contribution in [0.2, 0.25) is 0 Å². The molecule has 0 heterocycles. The SMILES string of the molecule is CC(=O)OC(C)=O.CCCCC. The number of rotatable bonds is 2. The summed E-state index contributed by atoms with van der Waals surface area (Å²) in [5, 5.41) is 0. The summed E-state index contributed by atoms with van der Waals surface area (Å²) in [6, 6.07) is 0. The monoisotopic (exact) mass is 174 g/mol. The molecule has 12 heavy (non-hydrogen) atoms. The number of hydrogen-bond acceptors (Lipinski definition) is 3. The second-order valence-electron chi connectivity index (χ2n) is 2.44. The minimum atomic E-state index is -0.562. The van der Waals surface area contributed by atoms with Crippen LogP contribution in [0.15, 0.2) is 0 Å². The molecule has 0 saturated carbocycles. The number of carbonyl (C=O) groups is 2. The summed E-state index contributed by atoms with van der Waals surface area (Å²) in [5.74, 6) is -1.12. The Bertz CT molecular complexity index is 116. The van der Waals surface area contributed by atoms with Crippen molar-refractivity contribution in [2.45, 2.75) is 47.0 Å². The fraction of sp³-hybridized carbons (Fsp3) is 0.778. The zero-order valence-corrected chi connectivity index (χ0v) is 8.35. The molecule has 0 bridgehead atoms. The van der Waals surface area contributed by atoms with Crippen LogP contribution in [0.25, 0.3) is 0 Å². The van der Waals surface area contributed by atoms with Gasteiger partial charge in [0.05, 0.1) is 0 Å². The van der Waals surface area contributed by atoms with Gasteiger partial charge in [-0.05, 0) is 0 Å². The van der Waals surface area contributed by atoms with Crippen molar-refractivity contribution in [1.29, 1.82) is 0 Å². The smallest absolute Gasteiger partial charge is 0.310 e. The average molecular weight is 174 g/mol. The molecule has 72 valence electrons. The lowest BCUT2D eigenvalue weighted by Gasteiger charge is -1.87. The van der Waals surface area contributed by atoms with Crippen molar-refractivity contribution in [2.24, 2.45) is 0 Å². The molecular formula is C9H18O3. The van der Waals surface area contributed by atoms with Gasteiger partial charge >= 0.3 is 11.9 Å². The third kappa shape index (κ3) is 22.9. The Morgan fingerprint density at radius 1 is 1.00 bits per heavy atom. The van der Waals surface area contributed by atoms with Crippen molar-refractivity contribution in [1.82, 2.24) is 0 Å². The highest BCUT2D eigenvalue weighted by Crippen LogP contribution is 1.88. The molecule has 0 spiro atoms. The van der Waals surface area contributed by atoms with E-state index in [1.807, 2.05) is 0 Å². The minimum Gasteiger partial charge on any atom is -0.394 e. The van der Waals surface area contributed by atoms with E-state index in [1.54, 1.807) is 0 Å². The van der Waals surface area contributed by atoms with E-state index in [4.69, 9.17) is 0 Å². The molecule has 0 aliphatic rings. The number of ether oxygens (including phenoxy) is 1. The van der Waals surface area contributed by atoms with Crippen LogP contribution in [-0.4, -0.2) is 11.9 Å². The molecule has 0 N–H and O–H groups in total. The van der Waals surface area contributed by atoms with Crippen LogP contribution >= 0.6 is 0 Å². The molecule has 0 aromatic heterocycles. The van der Waals surface area contributed by atoms with Gasteiger partial charge in [0.1, 0.15) is 0 Å². The molecule has 0 unspecified atom stereocenters. The molecule has 0 rings (SSSR count). The van der Waals surface area contributed by atoms with Crippen LogP contribution < -0.4 is 0 Å². The first-order valence-electron chi connectivity index (χ1n) is 4.23. The molecule has 3 heteroatoms. The van der Waals surface area contributed by atoms with Gasteiger partial charge in [-0.1, -0.05) is 33.1 Å². The van der Waals surface area contributed by atoms with E-state index >= 15 is 0 Å². The van der Waals surface area contributed by atoms with E-state index in [2.05, 4.69) is 18.6 Å². The fourth-order valence-corrected chi connectivity index (χ4v) is 0.556. The van der Waals surface area contributed by atoms with E-state index in [-0.39, 0.29) is 0 Å². The van der Waals surface area contributed by atoms with Gasteiger partial charge in [0, 0.05) is 13.8 Å². The van der Waals surface area contributed by atoms with Crippen molar-refractivity contribution in [3.8, 4) is 0 Å². The first kappa shape index (κ1) is 13.7. The van der Waals surface area contributed by atoms with Gasteiger partial charge in [-0.2, -0.15) is 0 Å². The number of esters is 2. The van der Waals surface area contributed by atoms with E-state index in [0.717, 1.165) is 0 Å². The highest BCUT2D eigenvalue weighted by molar-refractivity contribution is 5.82. The van der Waals surface area contributed by atoms with Gasteiger partial charge in [0.2, 0.25) is 0 Å². The third-order valence-electron chi connectivity index (χ3n) is 0.995. The van der Waals surface area contributed by atoms with Crippen molar-refractivity contribution in [3.63, 3.8) is 0 Å². The summed E-state index contributed by atoms with van der Waals surface area (Å²) >= 11 is 0. The lowest BCUT2D eigenvalue weighted by atomic mass is 10.3. The summed E-state index contributed by atoms with van der Waals surface area (Å²) in [4.78, 5) is 19.6. The maximum absolute atomic E-state index is 9.81. The van der Waals surface area contributed by atoms with Gasteiger partial charge in [-0.3, -0.25) is 9.59 Å². The predicted molar refractivity (Wildman–Crippen MR) is 47.6 cm³/mol. The third-order valence-corrected chi connectivity index (χ3v) is 0.995. The quantitative estimate of drug-likeness (QED) is 0.476. The largest absolute Gasteiger partial charge is 0.394 e. The number of unbranched alkanes of at least 4 members (excludes halogenated alkanes) is 2. The van der Waals surface area contributed by atoms with E-state index < -0.39 is 11.9 Å². The zero-order valence-electron chi connectivity index (χ0n) is 8.35. The molecule has 0 aromatic rings. The second-order valence-corrected chi connectivity index (χ2v) is 2.44. The summed E-state index contributed by atoms with van der Waals surface area (Å²) in [5.41, 5.74) is 0. The molecule has 0 saturated heterocycles. The average Bonchev–Trinajstić information content (AvgIpc) is 1.87. The molecule has 0 aliphatic carbocycles. The summed E-state index contributed by atoms with van der Waals surface area (Å²) in [7, 11) is 0. The predicted octanol–water partition coefficient (Wildman–Crippen LogP) is 2.29. The number of carbonyl (C=O) groups excluding carboxylic acids is 2. The normalized spacial score (nSPS) is 8.00. The van der Waals surface area contributed by atoms with Crippen LogP contribution in [0.4, 0.5) is 0 Å². The van der Waals surface area contributed by atoms with Crippen LogP contribution in [-0.2, 0) is 14.3 Å². The van der Waals surface area contributed by atoms with Gasteiger partial charge < -0.3 is 4.74 Å². The molecular weight excluding hydrogens is 156 g/mol. The van der Waals surface area contributed by atoms with Crippen molar-refractivity contribution in [2.75, 3.05) is 0 Å². The van der Waals surface area contributed by atoms with Gasteiger partial charge in [0.25, 0.3) is 0 Å². The van der Waals surface area contributed by atoms with E-state index in [9.17, 15) is 9.59 Å². The Hall–Kier alpha value is -0.860. The summed E-state index contributed by atoms with van der Waals surface area (Å²) in [6.07, 6.45) is 4.08. The van der Waals surface area contributed by atoms with E-state index in [0.29, 0.717) is 0 Å². The Balaban J connectivity index is 0. The molecule has 0 aliphatic heterocycles. The molecule has 3 nitrogen and oxygen atoms in total. The highest BCUT2D eigenvalue weighted by atomic mass is 16.6. The zero-order chi connectivity index (χ0) is 9.98. The molecule has 0 atom stereocenters. The maximum Gasteiger partial charge on any atom is 0.310 e. The number of hydrogen-bond donors (Lipinski definition) is 0. The Morgan fingerprint density at radius 2 is 1.33 bits per heavy atom. The standard InChI is InChI=1S/C5H12.C4H6O3/c1-3-5-4-2;1-3(5)7-4(2)6/h3-5H2,1-2H3;1-2H3. The highest BCUT2D eigenvalue weighted by Gasteiger charge is 1.93. The van der Waals surface area contributed by atoms with Gasteiger partial charge in [0.15, 0.2) is 0 Å². The second kappa shape index (κ2) is 10.1. The Labute approximate surface area is 74.1 Å². The van der Waals surface area contributed by atoms with Crippen LogP contribution in [0.1, 0.15) is 47.0 Å². The van der Waals surface area contributed by atoms with Crippen molar-refractivity contribution in [3.05, 3.63) is 0 Å². The lowest BCUT2D eigenvalue weighted by Crippen LogP contribution is -2.03. The lowest BCUT2D eigenvalue weighted by molar-refractivity contribution is -0.156. The molecule has 0 fully saturated rings. The van der Waals surface area contributed by atoms with E-state index in [1.165, 1.54) is 33.1 Å². The first-order valence-corrected chi connectivity index (χ1v) is 4.23. The first-order chi connectivity index (χ1) is 5.54. The summed E-state index contributed by atoms with van der Waals surface area (Å²) < 4.78 is 3.97. The fourth-order valence-electron chi connectivity index (χ4n) is 0.556. The molecule has 0 amide bonds. The maximum atomic E-state index is 9.81. The minimum absolute atomic E-state index is 0.562. The Morgan fingerprint density at radius 3 is 1.33 bits per heavy atom. The van der Waals surface area contributed by atoms with Crippen molar-refractivity contribution >= 4 is 11.9 Å². The topological polar surface area (TPSA) is 43.4 Å².